The van der Waals surface area contributed by atoms with Gasteiger partial charge in [-0.3, -0.25) is 4.98 Å². The van der Waals surface area contributed by atoms with Gasteiger partial charge in [-0.25, -0.2) is 0 Å². The second-order valence-electron chi connectivity index (χ2n) is 4.56. The highest BCUT2D eigenvalue weighted by Gasteiger charge is 1.98. The molecule has 2 rings (SSSR count). The van der Waals surface area contributed by atoms with E-state index in [2.05, 4.69) is 23.3 Å². The lowest BCUT2D eigenvalue weighted by atomic mass is 10.2. The van der Waals surface area contributed by atoms with E-state index in [9.17, 15) is 0 Å². The van der Waals surface area contributed by atoms with Crippen molar-refractivity contribution in [1.82, 2.24) is 10.3 Å². The molecule has 0 bridgehead atoms. The number of pyridine rings is 1. The summed E-state index contributed by atoms with van der Waals surface area (Å²) in [6.07, 6.45) is 1.89. The second-order valence-corrected chi connectivity index (χ2v) is 5.00. The van der Waals surface area contributed by atoms with Crippen molar-refractivity contribution in [3.63, 3.8) is 0 Å². The van der Waals surface area contributed by atoms with Gasteiger partial charge in [0.2, 0.25) is 0 Å². The summed E-state index contributed by atoms with van der Waals surface area (Å²) in [5.41, 5.74) is 3.19. The number of rotatable bonds is 7. The fraction of sp³-hybridized carbons (Fsp3) is 0.312. The molecule has 1 heterocycles. The maximum absolute atomic E-state index is 5.93. The first-order chi connectivity index (χ1) is 9.78. The molecule has 2 aromatic rings. The van der Waals surface area contributed by atoms with E-state index in [1.807, 2.05) is 36.5 Å². The first kappa shape index (κ1) is 15.0. The molecule has 0 amide bonds. The van der Waals surface area contributed by atoms with E-state index >= 15 is 0 Å². The molecule has 0 aliphatic heterocycles. The molecule has 0 saturated carbocycles. The zero-order chi connectivity index (χ0) is 14.2. The molecule has 0 fully saturated rings. The molecule has 1 aromatic heterocycles. The lowest BCUT2D eigenvalue weighted by Crippen LogP contribution is -2.12. The maximum Gasteiger partial charge on any atom is 0.0892 e. The van der Waals surface area contributed by atoms with E-state index in [0.29, 0.717) is 13.2 Å². The Labute approximate surface area is 124 Å². The number of aromatic nitrogens is 1. The summed E-state index contributed by atoms with van der Waals surface area (Å²) in [7, 11) is 0. The van der Waals surface area contributed by atoms with Crippen LogP contribution in [0.4, 0.5) is 0 Å². The molecule has 0 radical (unpaired) electrons. The Bertz CT molecular complexity index is 528. The quantitative estimate of drug-likeness (QED) is 0.846. The van der Waals surface area contributed by atoms with Gasteiger partial charge in [0.15, 0.2) is 0 Å². The predicted molar refractivity (Wildman–Crippen MR) is 81.6 cm³/mol. The van der Waals surface area contributed by atoms with Crippen molar-refractivity contribution >= 4 is 11.6 Å². The number of nitrogens with zero attached hydrogens (tertiary/aromatic N) is 1. The molecule has 0 saturated heterocycles. The SMILES string of the molecule is CCNCc1ccc(COCc2cccc(Cl)c2)nc1. The number of benzene rings is 1. The van der Waals surface area contributed by atoms with E-state index < -0.39 is 0 Å². The van der Waals surface area contributed by atoms with E-state index in [1.165, 1.54) is 5.56 Å². The minimum Gasteiger partial charge on any atom is -0.370 e. The molecular weight excluding hydrogens is 272 g/mol. The molecule has 0 spiro atoms. The number of ether oxygens (including phenoxy) is 1. The highest BCUT2D eigenvalue weighted by molar-refractivity contribution is 6.30. The summed E-state index contributed by atoms with van der Waals surface area (Å²) in [4.78, 5) is 4.39. The van der Waals surface area contributed by atoms with Crippen LogP contribution >= 0.6 is 11.6 Å². The Morgan fingerprint density at radius 3 is 2.75 bits per heavy atom. The van der Waals surface area contributed by atoms with Gasteiger partial charge < -0.3 is 10.1 Å². The average Bonchev–Trinajstić information content (AvgIpc) is 2.46. The van der Waals surface area contributed by atoms with Crippen LogP contribution in [0.25, 0.3) is 0 Å². The van der Waals surface area contributed by atoms with Crippen LogP contribution < -0.4 is 5.32 Å². The van der Waals surface area contributed by atoms with Crippen molar-refractivity contribution in [2.75, 3.05) is 6.54 Å². The van der Waals surface area contributed by atoms with E-state index in [4.69, 9.17) is 16.3 Å². The van der Waals surface area contributed by atoms with Crippen molar-refractivity contribution in [2.45, 2.75) is 26.7 Å². The first-order valence-corrected chi connectivity index (χ1v) is 7.12. The monoisotopic (exact) mass is 290 g/mol. The molecule has 106 valence electrons. The Morgan fingerprint density at radius 1 is 1.15 bits per heavy atom. The third-order valence-corrected chi connectivity index (χ3v) is 3.11. The second kappa shape index (κ2) is 8.00. The highest BCUT2D eigenvalue weighted by atomic mass is 35.5. The molecule has 0 unspecified atom stereocenters. The minimum atomic E-state index is 0.508. The number of hydrogen-bond donors (Lipinski definition) is 1. The van der Waals surface area contributed by atoms with Crippen LogP contribution in [0, 0.1) is 0 Å². The molecule has 4 heteroatoms. The number of nitrogens with one attached hydrogen (secondary N) is 1. The normalized spacial score (nSPS) is 10.7. The summed E-state index contributed by atoms with van der Waals surface area (Å²) in [6.45, 7) is 4.96. The summed E-state index contributed by atoms with van der Waals surface area (Å²) < 4.78 is 5.64. The van der Waals surface area contributed by atoms with Gasteiger partial charge >= 0.3 is 0 Å². The summed E-state index contributed by atoms with van der Waals surface area (Å²) in [5, 5.41) is 4.00. The summed E-state index contributed by atoms with van der Waals surface area (Å²) in [6, 6.07) is 11.8. The van der Waals surface area contributed by atoms with Gasteiger partial charge in [-0.05, 0) is 35.9 Å². The Balaban J connectivity index is 1.79. The Hall–Kier alpha value is -1.42. The van der Waals surface area contributed by atoms with Crippen molar-refractivity contribution in [3.8, 4) is 0 Å². The highest BCUT2D eigenvalue weighted by Crippen LogP contribution is 2.12. The lowest BCUT2D eigenvalue weighted by molar-refractivity contribution is 0.104. The van der Waals surface area contributed by atoms with E-state index in [1.54, 1.807) is 0 Å². The van der Waals surface area contributed by atoms with Crippen molar-refractivity contribution < 1.29 is 4.74 Å². The minimum absolute atomic E-state index is 0.508. The van der Waals surface area contributed by atoms with Crippen LogP contribution in [0.2, 0.25) is 5.02 Å². The van der Waals surface area contributed by atoms with E-state index in [-0.39, 0.29) is 0 Å². The Kier molecular flexibility index (Phi) is 5.99. The van der Waals surface area contributed by atoms with Gasteiger partial charge in [0.1, 0.15) is 0 Å². The smallest absolute Gasteiger partial charge is 0.0892 e. The molecule has 0 atom stereocenters. The van der Waals surface area contributed by atoms with Crippen LogP contribution in [0.1, 0.15) is 23.7 Å². The molecule has 1 N–H and O–H groups in total. The van der Waals surface area contributed by atoms with Crippen LogP contribution in [0.15, 0.2) is 42.6 Å². The topological polar surface area (TPSA) is 34.1 Å². The maximum atomic E-state index is 5.93. The van der Waals surface area contributed by atoms with Gasteiger partial charge in [0.25, 0.3) is 0 Å². The lowest BCUT2D eigenvalue weighted by Gasteiger charge is -2.06. The van der Waals surface area contributed by atoms with E-state index in [0.717, 1.165) is 29.4 Å². The van der Waals surface area contributed by atoms with Crippen molar-refractivity contribution in [1.29, 1.82) is 0 Å². The standard InChI is InChI=1S/C16H19ClN2O/c1-2-18-9-14-6-7-16(19-10-14)12-20-11-13-4-3-5-15(17)8-13/h3-8,10,18H,2,9,11-12H2,1H3. The summed E-state index contributed by atoms with van der Waals surface area (Å²) in [5.74, 6) is 0. The molecule has 20 heavy (non-hydrogen) atoms. The third kappa shape index (κ3) is 4.93. The largest absolute Gasteiger partial charge is 0.370 e. The third-order valence-electron chi connectivity index (χ3n) is 2.87. The Morgan fingerprint density at radius 2 is 2.05 bits per heavy atom. The zero-order valence-corrected chi connectivity index (χ0v) is 12.4. The zero-order valence-electron chi connectivity index (χ0n) is 11.6. The molecule has 0 aliphatic rings. The van der Waals surface area contributed by atoms with Gasteiger partial charge in [-0.2, -0.15) is 0 Å². The molecular formula is C16H19ClN2O. The van der Waals surface area contributed by atoms with Crippen LogP contribution in [-0.2, 0) is 24.5 Å². The fourth-order valence-electron chi connectivity index (χ4n) is 1.81. The fourth-order valence-corrected chi connectivity index (χ4v) is 2.03. The molecule has 3 nitrogen and oxygen atoms in total. The molecule has 1 aromatic carbocycles. The number of hydrogen-bond acceptors (Lipinski definition) is 3. The number of halogens is 1. The van der Waals surface area contributed by atoms with Crippen molar-refractivity contribution in [3.05, 3.63) is 64.4 Å². The van der Waals surface area contributed by atoms with Crippen LogP contribution in [0.5, 0.6) is 0 Å². The van der Waals surface area contributed by atoms with Gasteiger partial charge in [-0.1, -0.05) is 36.7 Å². The average molecular weight is 291 g/mol. The predicted octanol–water partition coefficient (Wildman–Crippen LogP) is 3.56. The van der Waals surface area contributed by atoms with Crippen molar-refractivity contribution in [2.24, 2.45) is 0 Å². The van der Waals surface area contributed by atoms with Gasteiger partial charge in [-0.15, -0.1) is 0 Å². The first-order valence-electron chi connectivity index (χ1n) is 6.74. The van der Waals surface area contributed by atoms with Crippen LogP contribution in [0.3, 0.4) is 0 Å². The van der Waals surface area contributed by atoms with Crippen LogP contribution in [-0.4, -0.2) is 11.5 Å². The van der Waals surface area contributed by atoms with Gasteiger partial charge in [0, 0.05) is 17.8 Å². The summed E-state index contributed by atoms with van der Waals surface area (Å²) >= 11 is 5.93. The van der Waals surface area contributed by atoms with Gasteiger partial charge in [0.05, 0.1) is 18.9 Å². The molecule has 0 aliphatic carbocycles.